The molecule has 0 aliphatic carbocycles. The lowest BCUT2D eigenvalue weighted by Gasteiger charge is -2.30. The van der Waals surface area contributed by atoms with E-state index in [1.54, 1.807) is 0 Å². The van der Waals surface area contributed by atoms with E-state index in [9.17, 15) is 4.79 Å². The van der Waals surface area contributed by atoms with Gasteiger partial charge in [-0.15, -0.1) is 11.8 Å². The fourth-order valence-electron chi connectivity index (χ4n) is 2.51. The minimum absolute atomic E-state index is 0.173. The lowest BCUT2D eigenvalue weighted by molar-refractivity contribution is -0.129. The lowest BCUT2D eigenvalue weighted by atomic mass is 9.96. The first-order chi connectivity index (χ1) is 10.7. The first kappa shape index (κ1) is 15.4. The second-order valence-electron chi connectivity index (χ2n) is 5.19. The zero-order valence-electron chi connectivity index (χ0n) is 11.9. The highest BCUT2D eigenvalue weighted by Gasteiger charge is 2.26. The van der Waals surface area contributed by atoms with Gasteiger partial charge in [0.2, 0.25) is 12.3 Å². The van der Waals surface area contributed by atoms with Crippen molar-refractivity contribution in [2.75, 3.05) is 18.8 Å². The molecule has 0 atom stereocenters. The van der Waals surface area contributed by atoms with E-state index in [4.69, 9.17) is 16.1 Å². The van der Waals surface area contributed by atoms with Crippen molar-refractivity contribution in [3.8, 4) is 0 Å². The van der Waals surface area contributed by atoms with E-state index >= 15 is 0 Å². The van der Waals surface area contributed by atoms with E-state index in [1.165, 1.54) is 18.2 Å². The molecule has 0 unspecified atom stereocenters. The van der Waals surface area contributed by atoms with Crippen LogP contribution in [0.1, 0.15) is 24.6 Å². The van der Waals surface area contributed by atoms with Crippen molar-refractivity contribution in [1.82, 2.24) is 15.0 Å². The van der Waals surface area contributed by atoms with Crippen molar-refractivity contribution in [1.29, 1.82) is 0 Å². The number of rotatable bonds is 4. The lowest BCUT2D eigenvalue weighted by Crippen LogP contribution is -2.39. The molecule has 1 amide bonds. The number of aromatic nitrogens is 2. The van der Waals surface area contributed by atoms with Gasteiger partial charge in [-0.25, -0.2) is 0 Å². The number of amides is 1. The zero-order valence-corrected chi connectivity index (χ0v) is 13.5. The van der Waals surface area contributed by atoms with Crippen LogP contribution in [0.15, 0.2) is 40.1 Å². The molecular weight excluding hydrogens is 322 g/mol. The number of nitrogens with zero attached hydrogens (tertiary/aromatic N) is 3. The second-order valence-corrected chi connectivity index (χ2v) is 6.67. The monoisotopic (exact) mass is 337 g/mol. The van der Waals surface area contributed by atoms with Gasteiger partial charge in [0.05, 0.1) is 5.75 Å². The van der Waals surface area contributed by atoms with Crippen LogP contribution in [0.4, 0.5) is 0 Å². The number of thioether (sulfide) groups is 1. The van der Waals surface area contributed by atoms with Gasteiger partial charge >= 0.3 is 0 Å². The molecule has 0 spiro atoms. The van der Waals surface area contributed by atoms with Crippen LogP contribution in [0, 0.1) is 0 Å². The molecule has 1 aliphatic heterocycles. The zero-order chi connectivity index (χ0) is 15.4. The van der Waals surface area contributed by atoms with E-state index < -0.39 is 0 Å². The van der Waals surface area contributed by atoms with E-state index in [0.29, 0.717) is 16.7 Å². The summed E-state index contributed by atoms with van der Waals surface area (Å²) in [5.74, 6) is 1.68. The predicted octanol–water partition coefficient (Wildman–Crippen LogP) is 3.22. The van der Waals surface area contributed by atoms with E-state index in [-0.39, 0.29) is 5.91 Å². The van der Waals surface area contributed by atoms with Crippen LogP contribution in [-0.2, 0) is 4.79 Å². The Kier molecular flexibility index (Phi) is 5.00. The van der Waals surface area contributed by atoms with E-state index in [1.807, 2.05) is 29.2 Å². The van der Waals surface area contributed by atoms with Gasteiger partial charge < -0.3 is 9.42 Å². The molecule has 22 heavy (non-hydrogen) atoms. The van der Waals surface area contributed by atoms with Crippen molar-refractivity contribution in [3.63, 3.8) is 0 Å². The van der Waals surface area contributed by atoms with Gasteiger partial charge in [-0.2, -0.15) is 4.98 Å². The fourth-order valence-corrected chi connectivity index (χ4v) is 3.44. The molecule has 0 bridgehead atoms. The van der Waals surface area contributed by atoms with Crippen molar-refractivity contribution >= 4 is 29.3 Å². The largest absolute Gasteiger partial charge is 0.343 e. The van der Waals surface area contributed by atoms with Crippen LogP contribution in [0.25, 0.3) is 0 Å². The molecule has 7 heteroatoms. The number of hydrogen-bond donors (Lipinski definition) is 0. The first-order valence-corrected chi connectivity index (χ1v) is 8.51. The number of halogens is 1. The van der Waals surface area contributed by atoms with Crippen LogP contribution in [-0.4, -0.2) is 39.8 Å². The predicted molar refractivity (Wildman–Crippen MR) is 85.0 cm³/mol. The quantitative estimate of drug-likeness (QED) is 0.802. The number of likely N-dealkylation sites (tertiary alicyclic amines) is 1. The molecule has 0 N–H and O–H groups in total. The number of benzene rings is 1. The molecule has 3 rings (SSSR count). The smallest absolute Gasteiger partial charge is 0.232 e. The highest BCUT2D eigenvalue weighted by molar-refractivity contribution is 8.00. The molecule has 5 nitrogen and oxygen atoms in total. The Morgan fingerprint density at radius 2 is 2.05 bits per heavy atom. The summed E-state index contributed by atoms with van der Waals surface area (Å²) in [6.07, 6.45) is 3.13. The van der Waals surface area contributed by atoms with Gasteiger partial charge in [0, 0.05) is 28.9 Å². The normalized spacial score (nSPS) is 16.0. The van der Waals surface area contributed by atoms with Crippen molar-refractivity contribution in [2.45, 2.75) is 23.7 Å². The highest BCUT2D eigenvalue weighted by Crippen LogP contribution is 2.26. The SMILES string of the molecule is O=C(CSc1ccc(Cl)cc1)N1CCC(c2ncon2)CC1. The molecule has 1 aromatic carbocycles. The van der Waals surface area contributed by atoms with Gasteiger partial charge in [-0.3, -0.25) is 4.79 Å². The van der Waals surface area contributed by atoms with Crippen LogP contribution < -0.4 is 0 Å². The van der Waals surface area contributed by atoms with Gasteiger partial charge in [0.15, 0.2) is 5.82 Å². The molecule has 0 radical (unpaired) electrons. The minimum Gasteiger partial charge on any atom is -0.343 e. The molecule has 1 aromatic heterocycles. The summed E-state index contributed by atoms with van der Waals surface area (Å²) in [6.45, 7) is 1.50. The molecule has 116 valence electrons. The third kappa shape index (κ3) is 3.81. The molecule has 2 heterocycles. The van der Waals surface area contributed by atoms with Crippen molar-refractivity contribution in [3.05, 3.63) is 41.5 Å². The molecule has 2 aromatic rings. The Balaban J connectivity index is 1.46. The molecular formula is C15H16ClN3O2S. The molecule has 1 saturated heterocycles. The van der Waals surface area contributed by atoms with Crippen LogP contribution in [0.2, 0.25) is 5.02 Å². The maximum atomic E-state index is 12.3. The maximum Gasteiger partial charge on any atom is 0.232 e. The fraction of sp³-hybridized carbons (Fsp3) is 0.400. The van der Waals surface area contributed by atoms with Crippen LogP contribution in [0.3, 0.4) is 0 Å². The summed E-state index contributed by atoms with van der Waals surface area (Å²) in [6, 6.07) is 7.54. The summed E-state index contributed by atoms with van der Waals surface area (Å²) in [4.78, 5) is 19.3. The second kappa shape index (κ2) is 7.15. The minimum atomic E-state index is 0.173. The Bertz CT molecular complexity index is 610. The number of hydrogen-bond acceptors (Lipinski definition) is 5. The topological polar surface area (TPSA) is 59.2 Å². The van der Waals surface area contributed by atoms with E-state index in [0.717, 1.165) is 36.7 Å². The maximum absolute atomic E-state index is 12.3. The van der Waals surface area contributed by atoms with Crippen LogP contribution >= 0.6 is 23.4 Å². The Morgan fingerprint density at radius 3 is 2.68 bits per heavy atom. The van der Waals surface area contributed by atoms with Gasteiger partial charge in [-0.05, 0) is 37.1 Å². The average molecular weight is 338 g/mol. The van der Waals surface area contributed by atoms with Gasteiger partial charge in [0.1, 0.15) is 0 Å². The summed E-state index contributed by atoms with van der Waals surface area (Å²) in [7, 11) is 0. The summed E-state index contributed by atoms with van der Waals surface area (Å²) >= 11 is 7.39. The van der Waals surface area contributed by atoms with Gasteiger partial charge in [-0.1, -0.05) is 16.8 Å². The first-order valence-electron chi connectivity index (χ1n) is 7.15. The van der Waals surface area contributed by atoms with E-state index in [2.05, 4.69) is 10.1 Å². The van der Waals surface area contributed by atoms with Crippen molar-refractivity contribution < 1.29 is 9.32 Å². The average Bonchev–Trinajstić information content (AvgIpc) is 3.09. The molecule has 1 aliphatic rings. The Hall–Kier alpha value is -1.53. The number of piperidine rings is 1. The third-order valence-electron chi connectivity index (χ3n) is 3.77. The molecule has 0 saturated carbocycles. The third-order valence-corrected chi connectivity index (χ3v) is 5.02. The molecule has 1 fully saturated rings. The summed E-state index contributed by atoms with van der Waals surface area (Å²) in [5, 5.41) is 4.60. The standard InChI is InChI=1S/C15H16ClN3O2S/c16-12-1-3-13(4-2-12)22-9-14(20)19-7-5-11(6-8-19)15-17-10-21-18-15/h1-4,10-11H,5-9H2. The Morgan fingerprint density at radius 1 is 1.32 bits per heavy atom. The number of carbonyl (C=O) groups is 1. The highest BCUT2D eigenvalue weighted by atomic mass is 35.5. The Labute approximate surface area is 138 Å². The summed E-state index contributed by atoms with van der Waals surface area (Å²) < 4.78 is 4.78. The van der Waals surface area contributed by atoms with Crippen molar-refractivity contribution in [2.24, 2.45) is 0 Å². The van der Waals surface area contributed by atoms with Crippen LogP contribution in [0.5, 0.6) is 0 Å². The number of carbonyl (C=O) groups excluding carboxylic acids is 1. The summed E-state index contributed by atoms with van der Waals surface area (Å²) in [5.41, 5.74) is 0. The van der Waals surface area contributed by atoms with Gasteiger partial charge in [0.25, 0.3) is 0 Å².